The van der Waals surface area contributed by atoms with E-state index in [2.05, 4.69) is 78.0 Å². The van der Waals surface area contributed by atoms with Crippen molar-refractivity contribution in [3.05, 3.63) is 41.8 Å². The second-order valence-electron chi connectivity index (χ2n) is 10.0. The zero-order chi connectivity index (χ0) is 17.8. The summed E-state index contributed by atoms with van der Waals surface area (Å²) in [6.07, 6.45) is 4.72. The van der Waals surface area contributed by atoms with Crippen molar-refractivity contribution in [2.24, 2.45) is 16.7 Å². The molecule has 2 unspecified atom stereocenters. The highest BCUT2D eigenvalue weighted by Gasteiger charge is 2.53. The summed E-state index contributed by atoms with van der Waals surface area (Å²) < 4.78 is 6.15. The molecule has 2 heteroatoms. The van der Waals surface area contributed by atoms with Crippen LogP contribution in [-0.2, 0) is 10.2 Å². The number of rotatable bonds is 2. The molecule has 0 aromatic heterocycles. The van der Waals surface area contributed by atoms with Crippen LogP contribution in [0.4, 0.5) is 5.69 Å². The summed E-state index contributed by atoms with van der Waals surface area (Å²) in [5.74, 6) is 0.434. The average Bonchev–Trinajstić information content (AvgIpc) is 2.90. The first-order chi connectivity index (χ1) is 11.0. The Morgan fingerprint density at radius 2 is 1.54 bits per heavy atom. The van der Waals surface area contributed by atoms with Crippen LogP contribution in [0, 0.1) is 16.7 Å². The van der Waals surface area contributed by atoms with Gasteiger partial charge in [0.05, 0.1) is 5.70 Å². The van der Waals surface area contributed by atoms with E-state index in [4.69, 9.17) is 4.74 Å². The monoisotopic (exact) mass is 327 g/mol. The minimum absolute atomic E-state index is 0.189. The van der Waals surface area contributed by atoms with Crippen LogP contribution >= 0.6 is 0 Å². The third-order valence-corrected chi connectivity index (χ3v) is 6.04. The zero-order valence-electron chi connectivity index (χ0n) is 16.4. The summed E-state index contributed by atoms with van der Waals surface area (Å²) in [6.45, 7) is 16.2. The second kappa shape index (κ2) is 5.54. The van der Waals surface area contributed by atoms with Crippen LogP contribution in [0.5, 0.6) is 0 Å². The number of fused-ring (bicyclic) bond motifs is 1. The van der Waals surface area contributed by atoms with E-state index in [1.54, 1.807) is 0 Å². The van der Waals surface area contributed by atoms with Gasteiger partial charge in [-0.15, -0.1) is 0 Å². The highest BCUT2D eigenvalue weighted by molar-refractivity contribution is 5.51. The Balaban J connectivity index is 1.81. The molecule has 24 heavy (non-hydrogen) atoms. The smallest absolute Gasteiger partial charge is 0.112 e. The molecule has 2 nitrogen and oxygen atoms in total. The van der Waals surface area contributed by atoms with E-state index >= 15 is 0 Å². The maximum Gasteiger partial charge on any atom is 0.112 e. The van der Waals surface area contributed by atoms with E-state index in [9.17, 15) is 0 Å². The molecule has 3 rings (SSSR count). The van der Waals surface area contributed by atoms with E-state index in [1.165, 1.54) is 24.1 Å². The SMILES string of the molecule is CC(C)(C)c1ccc(NC2=COC3C2C(C)(C)CCC3(C)C)cc1. The van der Waals surface area contributed by atoms with Crippen LogP contribution in [0.25, 0.3) is 0 Å². The largest absolute Gasteiger partial charge is 0.495 e. The number of nitrogens with one attached hydrogen (secondary N) is 1. The standard InChI is InChI=1S/C22H33NO/c1-20(2,3)15-8-10-16(11-9-15)23-17-14-24-19-18(17)21(4,5)12-13-22(19,6)7/h8-11,14,18-19,23H,12-13H2,1-7H3. The van der Waals surface area contributed by atoms with E-state index in [1.807, 2.05) is 6.26 Å². The van der Waals surface area contributed by atoms with Gasteiger partial charge >= 0.3 is 0 Å². The predicted molar refractivity (Wildman–Crippen MR) is 102 cm³/mol. The van der Waals surface area contributed by atoms with Crippen LogP contribution in [0.1, 0.15) is 66.9 Å². The fourth-order valence-electron chi connectivity index (χ4n) is 4.20. The number of ether oxygens (including phenoxy) is 1. The van der Waals surface area contributed by atoms with Crippen molar-refractivity contribution < 1.29 is 4.74 Å². The van der Waals surface area contributed by atoms with Crippen LogP contribution in [0.3, 0.4) is 0 Å². The molecule has 1 saturated carbocycles. The Morgan fingerprint density at radius 1 is 0.958 bits per heavy atom. The molecule has 2 aliphatic rings. The highest BCUT2D eigenvalue weighted by Crippen LogP contribution is 2.55. The first-order valence-corrected chi connectivity index (χ1v) is 9.24. The van der Waals surface area contributed by atoms with Gasteiger partial charge in [-0.2, -0.15) is 0 Å². The highest BCUT2D eigenvalue weighted by atomic mass is 16.5. The number of hydrogen-bond donors (Lipinski definition) is 1. The molecule has 1 heterocycles. The molecule has 1 aromatic carbocycles. The summed E-state index contributed by atoms with van der Waals surface area (Å²) in [6, 6.07) is 8.84. The fourth-order valence-corrected chi connectivity index (χ4v) is 4.20. The molecule has 1 N–H and O–H groups in total. The lowest BCUT2D eigenvalue weighted by Gasteiger charge is -2.48. The molecular formula is C22H33NO. The maximum atomic E-state index is 6.15. The van der Waals surface area contributed by atoms with Gasteiger partial charge in [0.2, 0.25) is 0 Å². The summed E-state index contributed by atoms with van der Waals surface area (Å²) >= 11 is 0. The molecule has 0 saturated heterocycles. The van der Waals surface area contributed by atoms with Crippen molar-refractivity contribution in [2.75, 3.05) is 5.32 Å². The quantitative estimate of drug-likeness (QED) is 0.708. The van der Waals surface area contributed by atoms with Gasteiger partial charge in [0.15, 0.2) is 0 Å². The third kappa shape index (κ3) is 3.08. The average molecular weight is 328 g/mol. The normalized spacial score (nSPS) is 27.9. The van der Waals surface area contributed by atoms with E-state index < -0.39 is 0 Å². The molecule has 1 aliphatic carbocycles. The molecule has 1 aromatic rings. The zero-order valence-corrected chi connectivity index (χ0v) is 16.4. The maximum absolute atomic E-state index is 6.15. The summed E-state index contributed by atoms with van der Waals surface area (Å²) in [7, 11) is 0. The van der Waals surface area contributed by atoms with Crippen LogP contribution < -0.4 is 5.32 Å². The van der Waals surface area contributed by atoms with Gasteiger partial charge in [0, 0.05) is 17.0 Å². The molecule has 0 spiro atoms. The lowest BCUT2D eigenvalue weighted by atomic mass is 9.58. The minimum Gasteiger partial charge on any atom is -0.495 e. The summed E-state index contributed by atoms with van der Waals surface area (Å²) in [4.78, 5) is 0. The predicted octanol–water partition coefficient (Wildman–Crippen LogP) is 6.10. The molecular weight excluding hydrogens is 294 g/mol. The molecule has 1 fully saturated rings. The summed E-state index contributed by atoms with van der Waals surface area (Å²) in [5.41, 5.74) is 4.44. The Hall–Kier alpha value is -1.44. The van der Waals surface area contributed by atoms with E-state index in [-0.39, 0.29) is 22.3 Å². The lowest BCUT2D eigenvalue weighted by molar-refractivity contribution is -0.0591. The number of benzene rings is 1. The number of hydrogen-bond acceptors (Lipinski definition) is 2. The van der Waals surface area contributed by atoms with Crippen molar-refractivity contribution in [3.8, 4) is 0 Å². The first kappa shape index (κ1) is 17.4. The second-order valence-corrected chi connectivity index (χ2v) is 10.0. The molecule has 0 amide bonds. The van der Waals surface area contributed by atoms with E-state index in [0.717, 1.165) is 5.69 Å². The Morgan fingerprint density at radius 3 is 2.12 bits per heavy atom. The van der Waals surface area contributed by atoms with Gasteiger partial charge < -0.3 is 10.1 Å². The Kier molecular flexibility index (Phi) is 4.01. The topological polar surface area (TPSA) is 21.3 Å². The van der Waals surface area contributed by atoms with Crippen molar-refractivity contribution in [3.63, 3.8) is 0 Å². The van der Waals surface area contributed by atoms with Gasteiger partial charge in [0.1, 0.15) is 12.4 Å². The van der Waals surface area contributed by atoms with Gasteiger partial charge in [-0.25, -0.2) is 0 Å². The molecule has 2 atom stereocenters. The summed E-state index contributed by atoms with van der Waals surface area (Å²) in [5, 5.41) is 3.65. The fraction of sp³-hybridized carbons (Fsp3) is 0.636. The molecule has 0 radical (unpaired) electrons. The van der Waals surface area contributed by atoms with Gasteiger partial charge in [0.25, 0.3) is 0 Å². The van der Waals surface area contributed by atoms with Crippen molar-refractivity contribution in [2.45, 2.75) is 72.8 Å². The van der Waals surface area contributed by atoms with Gasteiger partial charge in [-0.3, -0.25) is 0 Å². The first-order valence-electron chi connectivity index (χ1n) is 9.24. The Labute approximate surface area is 147 Å². The van der Waals surface area contributed by atoms with Crippen molar-refractivity contribution in [1.29, 1.82) is 0 Å². The minimum atomic E-state index is 0.189. The van der Waals surface area contributed by atoms with E-state index in [0.29, 0.717) is 5.92 Å². The Bertz CT molecular complexity index is 631. The van der Waals surface area contributed by atoms with Crippen LogP contribution in [-0.4, -0.2) is 6.10 Å². The van der Waals surface area contributed by atoms with Crippen molar-refractivity contribution >= 4 is 5.69 Å². The van der Waals surface area contributed by atoms with Gasteiger partial charge in [-0.05, 0) is 41.4 Å². The number of anilines is 1. The van der Waals surface area contributed by atoms with Gasteiger partial charge in [-0.1, -0.05) is 60.6 Å². The van der Waals surface area contributed by atoms with Crippen LogP contribution in [0.15, 0.2) is 36.2 Å². The van der Waals surface area contributed by atoms with Crippen molar-refractivity contribution in [1.82, 2.24) is 0 Å². The molecule has 132 valence electrons. The molecule has 0 bridgehead atoms. The third-order valence-electron chi connectivity index (χ3n) is 6.04. The van der Waals surface area contributed by atoms with Crippen LogP contribution in [0.2, 0.25) is 0 Å². The lowest BCUT2D eigenvalue weighted by Crippen LogP contribution is -2.48. The molecule has 1 aliphatic heterocycles.